The number of pyridine rings is 1. The summed E-state index contributed by atoms with van der Waals surface area (Å²) in [6, 6.07) is 7.50. The van der Waals surface area contributed by atoms with Gasteiger partial charge in [0, 0.05) is 18.8 Å². The lowest BCUT2D eigenvalue weighted by atomic mass is 10.2. The highest BCUT2D eigenvalue weighted by Gasteiger charge is 2.17. The van der Waals surface area contributed by atoms with Crippen LogP contribution in [0.15, 0.2) is 35.8 Å². The van der Waals surface area contributed by atoms with Crippen molar-refractivity contribution in [2.45, 2.75) is 6.54 Å². The zero-order chi connectivity index (χ0) is 14.4. The Morgan fingerprint density at radius 2 is 2.30 bits per heavy atom. The maximum atomic E-state index is 12.4. The van der Waals surface area contributed by atoms with Crippen LogP contribution in [0.2, 0.25) is 0 Å². The number of nitrogens with zero attached hydrogens (tertiary/aromatic N) is 2. The molecule has 2 rings (SSSR count). The van der Waals surface area contributed by atoms with Gasteiger partial charge in [0.05, 0.1) is 18.8 Å². The van der Waals surface area contributed by atoms with Crippen LogP contribution in [0, 0.1) is 11.8 Å². The second-order valence-corrected chi connectivity index (χ2v) is 5.07. The van der Waals surface area contributed by atoms with Gasteiger partial charge in [0.2, 0.25) is 0 Å². The van der Waals surface area contributed by atoms with E-state index in [4.69, 9.17) is 5.73 Å². The molecule has 102 valence electrons. The first kappa shape index (κ1) is 14.3. The lowest BCUT2D eigenvalue weighted by molar-refractivity contribution is 0.0788. The Labute approximate surface area is 122 Å². The molecule has 0 bridgehead atoms. The molecular formula is C15H15N3OS. The van der Waals surface area contributed by atoms with Gasteiger partial charge in [-0.15, -0.1) is 11.3 Å². The van der Waals surface area contributed by atoms with Gasteiger partial charge >= 0.3 is 0 Å². The van der Waals surface area contributed by atoms with Crippen molar-refractivity contribution in [2.75, 3.05) is 13.6 Å². The summed E-state index contributed by atoms with van der Waals surface area (Å²) in [5.41, 5.74) is 6.95. The molecule has 0 spiro atoms. The molecule has 0 radical (unpaired) electrons. The number of rotatable bonds is 3. The van der Waals surface area contributed by atoms with Crippen LogP contribution in [0.4, 0.5) is 0 Å². The smallest absolute Gasteiger partial charge is 0.265 e. The van der Waals surface area contributed by atoms with Gasteiger partial charge in [-0.25, -0.2) is 0 Å². The molecule has 0 aliphatic carbocycles. The molecule has 0 aliphatic rings. The molecule has 20 heavy (non-hydrogen) atoms. The molecular weight excluding hydrogens is 270 g/mol. The highest BCUT2D eigenvalue weighted by atomic mass is 32.1. The molecule has 0 saturated carbocycles. The van der Waals surface area contributed by atoms with E-state index in [9.17, 15) is 4.79 Å². The van der Waals surface area contributed by atoms with E-state index in [1.165, 1.54) is 11.3 Å². The van der Waals surface area contributed by atoms with Crippen molar-refractivity contribution in [3.63, 3.8) is 0 Å². The Hall–Kier alpha value is -2.16. The van der Waals surface area contributed by atoms with Crippen molar-refractivity contribution in [2.24, 2.45) is 5.73 Å². The molecule has 0 fully saturated rings. The monoisotopic (exact) mass is 285 g/mol. The van der Waals surface area contributed by atoms with Crippen molar-refractivity contribution in [3.8, 4) is 11.8 Å². The maximum absolute atomic E-state index is 12.4. The zero-order valence-electron chi connectivity index (χ0n) is 11.2. The van der Waals surface area contributed by atoms with E-state index in [2.05, 4.69) is 16.8 Å². The molecule has 5 heteroatoms. The Balaban J connectivity index is 2.13. The number of thiophene rings is 1. The predicted molar refractivity (Wildman–Crippen MR) is 80.3 cm³/mol. The van der Waals surface area contributed by atoms with Crippen LogP contribution in [0.3, 0.4) is 0 Å². The van der Waals surface area contributed by atoms with Gasteiger partial charge in [0.25, 0.3) is 5.91 Å². The summed E-state index contributed by atoms with van der Waals surface area (Å²) in [6.45, 7) is 0.759. The number of hydrogen-bond donors (Lipinski definition) is 1. The third-order valence-electron chi connectivity index (χ3n) is 2.66. The minimum atomic E-state index is -0.0491. The lowest BCUT2D eigenvalue weighted by Crippen LogP contribution is -2.26. The highest BCUT2D eigenvalue weighted by molar-refractivity contribution is 7.12. The van der Waals surface area contributed by atoms with Crippen LogP contribution in [-0.4, -0.2) is 29.4 Å². The normalized spacial score (nSPS) is 9.70. The molecule has 2 heterocycles. The second kappa shape index (κ2) is 6.85. The molecule has 0 aromatic carbocycles. The predicted octanol–water partition coefficient (Wildman–Crippen LogP) is 1.73. The van der Waals surface area contributed by atoms with Crippen molar-refractivity contribution in [1.82, 2.24) is 9.88 Å². The molecule has 0 unspecified atom stereocenters. The molecule has 2 N–H and O–H groups in total. The van der Waals surface area contributed by atoms with Crippen LogP contribution in [0.5, 0.6) is 0 Å². The average Bonchev–Trinajstić information content (AvgIpc) is 2.93. The quantitative estimate of drug-likeness (QED) is 0.874. The molecule has 2 aromatic heterocycles. The first-order valence-corrected chi connectivity index (χ1v) is 7.02. The van der Waals surface area contributed by atoms with Gasteiger partial charge in [-0.1, -0.05) is 17.9 Å². The Morgan fingerprint density at radius 3 is 3.00 bits per heavy atom. The number of nitrogens with two attached hydrogens (primary N) is 1. The topological polar surface area (TPSA) is 59.2 Å². The first-order chi connectivity index (χ1) is 9.72. The molecule has 0 atom stereocenters. The molecule has 1 amide bonds. The maximum Gasteiger partial charge on any atom is 0.265 e. The minimum Gasteiger partial charge on any atom is -0.335 e. The van der Waals surface area contributed by atoms with Crippen LogP contribution >= 0.6 is 11.3 Å². The van der Waals surface area contributed by atoms with Gasteiger partial charge < -0.3 is 10.6 Å². The van der Waals surface area contributed by atoms with E-state index in [1.54, 1.807) is 18.1 Å². The standard InChI is InChI=1S/C15H15N3OS/c1-18(11-13-6-2-3-9-17-13)15(19)14-12(5-4-8-16)7-10-20-14/h2-3,6-7,9-10H,8,11,16H2,1H3. The van der Waals surface area contributed by atoms with Crippen molar-refractivity contribution < 1.29 is 4.79 Å². The van der Waals surface area contributed by atoms with E-state index >= 15 is 0 Å². The Kier molecular flexibility index (Phi) is 4.88. The minimum absolute atomic E-state index is 0.0491. The van der Waals surface area contributed by atoms with E-state index < -0.39 is 0 Å². The van der Waals surface area contributed by atoms with Crippen LogP contribution in [0.25, 0.3) is 0 Å². The SMILES string of the molecule is CN(Cc1ccccn1)C(=O)c1sccc1C#CCN. The van der Waals surface area contributed by atoms with Crippen molar-refractivity contribution >= 4 is 17.2 Å². The van der Waals surface area contributed by atoms with Crippen molar-refractivity contribution in [3.05, 3.63) is 52.0 Å². The summed E-state index contributed by atoms with van der Waals surface area (Å²) in [4.78, 5) is 18.9. The summed E-state index contributed by atoms with van der Waals surface area (Å²) in [6.07, 6.45) is 1.72. The lowest BCUT2D eigenvalue weighted by Gasteiger charge is -2.16. The number of aromatic nitrogens is 1. The molecule has 4 nitrogen and oxygen atoms in total. The van der Waals surface area contributed by atoms with Gasteiger partial charge in [-0.3, -0.25) is 9.78 Å². The van der Waals surface area contributed by atoms with Gasteiger partial charge in [0.15, 0.2) is 0 Å². The van der Waals surface area contributed by atoms with Crippen LogP contribution in [-0.2, 0) is 6.54 Å². The molecule has 0 aliphatic heterocycles. The number of carbonyl (C=O) groups excluding carboxylic acids is 1. The van der Waals surface area contributed by atoms with E-state index in [-0.39, 0.29) is 12.5 Å². The Morgan fingerprint density at radius 1 is 1.45 bits per heavy atom. The first-order valence-electron chi connectivity index (χ1n) is 6.14. The second-order valence-electron chi connectivity index (χ2n) is 4.15. The van der Waals surface area contributed by atoms with Crippen LogP contribution in [0.1, 0.15) is 20.9 Å². The fourth-order valence-electron chi connectivity index (χ4n) is 1.70. The third kappa shape index (κ3) is 3.44. The third-order valence-corrected chi connectivity index (χ3v) is 3.56. The summed E-state index contributed by atoms with van der Waals surface area (Å²) < 4.78 is 0. The average molecular weight is 285 g/mol. The molecule has 0 saturated heterocycles. The van der Waals surface area contributed by atoms with Crippen LogP contribution < -0.4 is 5.73 Å². The van der Waals surface area contributed by atoms with Crippen molar-refractivity contribution in [1.29, 1.82) is 0 Å². The van der Waals surface area contributed by atoms with E-state index in [0.29, 0.717) is 11.4 Å². The van der Waals surface area contributed by atoms with Gasteiger partial charge in [0.1, 0.15) is 4.88 Å². The summed E-state index contributed by atoms with van der Waals surface area (Å²) in [5, 5.41) is 1.86. The zero-order valence-corrected chi connectivity index (χ0v) is 12.0. The largest absolute Gasteiger partial charge is 0.335 e. The van der Waals surface area contributed by atoms with E-state index in [0.717, 1.165) is 11.3 Å². The fourth-order valence-corrected chi connectivity index (χ4v) is 2.54. The number of amides is 1. The summed E-state index contributed by atoms with van der Waals surface area (Å²) >= 11 is 1.39. The van der Waals surface area contributed by atoms with Gasteiger partial charge in [-0.2, -0.15) is 0 Å². The highest BCUT2D eigenvalue weighted by Crippen LogP contribution is 2.18. The fraction of sp³-hybridized carbons (Fsp3) is 0.200. The number of carbonyl (C=O) groups is 1. The summed E-state index contributed by atoms with van der Waals surface area (Å²) in [7, 11) is 1.76. The molecule has 2 aromatic rings. The van der Waals surface area contributed by atoms with Gasteiger partial charge in [-0.05, 0) is 23.6 Å². The Bertz CT molecular complexity index is 640. The van der Waals surface area contributed by atoms with E-state index in [1.807, 2.05) is 29.6 Å². The summed E-state index contributed by atoms with van der Waals surface area (Å²) in [5.74, 6) is 5.65. The number of hydrogen-bond acceptors (Lipinski definition) is 4.